The van der Waals surface area contributed by atoms with E-state index in [1.54, 1.807) is 0 Å². The van der Waals surface area contributed by atoms with E-state index in [0.29, 0.717) is 0 Å². The van der Waals surface area contributed by atoms with Gasteiger partial charge in [0.05, 0.1) is 21.3 Å². The third-order valence-electron chi connectivity index (χ3n) is 3.57. The number of hydrogen-bond acceptors (Lipinski definition) is 5. The van der Waals surface area contributed by atoms with Crippen LogP contribution < -0.4 is 5.73 Å². The molecule has 0 atom stereocenters. The molecule has 6 nitrogen and oxygen atoms in total. The highest BCUT2D eigenvalue weighted by atomic mass is 32.2. The number of rotatable bonds is 6. The van der Waals surface area contributed by atoms with E-state index >= 15 is 0 Å². The number of ether oxygens (including phenoxy) is 1. The summed E-state index contributed by atoms with van der Waals surface area (Å²) in [7, 11) is 4.78. The maximum atomic E-state index is 13.2. The molecule has 0 aliphatic carbocycles. The molecule has 0 aromatic heterocycles. The van der Waals surface area contributed by atoms with E-state index in [9.17, 15) is 39.6 Å². The number of carbonyl (C=O) groups excluding carboxylic acids is 1. The topological polar surface area (TPSA) is 107 Å². The van der Waals surface area contributed by atoms with Crippen molar-refractivity contribution in [1.29, 1.82) is 0 Å². The van der Waals surface area contributed by atoms with Gasteiger partial charge in [-0.25, -0.2) is 4.79 Å². The molecule has 1 aromatic carbocycles. The van der Waals surface area contributed by atoms with Gasteiger partial charge in [-0.1, -0.05) is 24.3 Å². The number of nitrogen functional groups attached to an aromatic ring is 1. The van der Waals surface area contributed by atoms with Gasteiger partial charge in [0.15, 0.2) is 0 Å². The molecule has 28 heavy (non-hydrogen) atoms. The summed E-state index contributed by atoms with van der Waals surface area (Å²) in [4.78, 5) is 12.1. The fourth-order valence-electron chi connectivity index (χ4n) is 2.17. The fraction of sp³-hybridized carbons (Fsp3) is 0.462. The van der Waals surface area contributed by atoms with Crippen molar-refractivity contribution >= 4 is 37.5 Å². The first-order valence-electron chi connectivity index (χ1n) is 7.12. The summed E-state index contributed by atoms with van der Waals surface area (Å²) in [6, 6.07) is 2.05. The zero-order valence-electron chi connectivity index (χ0n) is 13.8. The summed E-state index contributed by atoms with van der Waals surface area (Å²) in [6.07, 6.45) is -13.5. The van der Waals surface area contributed by atoms with E-state index in [0.717, 1.165) is 6.07 Å². The van der Waals surface area contributed by atoms with E-state index < -0.39 is 51.0 Å². The highest BCUT2D eigenvalue weighted by Crippen LogP contribution is 2.47. The predicted molar refractivity (Wildman–Crippen MR) is 86.4 cm³/mol. The fourth-order valence-corrected chi connectivity index (χ4v) is 3.07. The quantitative estimate of drug-likeness (QED) is 0.234. The van der Waals surface area contributed by atoms with Gasteiger partial charge in [-0.15, -0.1) is 0 Å². The lowest BCUT2D eigenvalue weighted by molar-refractivity contribution is -0.356. The van der Waals surface area contributed by atoms with Crippen molar-refractivity contribution in [2.75, 3.05) is 11.5 Å². The van der Waals surface area contributed by atoms with Gasteiger partial charge < -0.3 is 10.5 Å². The van der Waals surface area contributed by atoms with Crippen LogP contribution in [0.3, 0.4) is 0 Å². The summed E-state index contributed by atoms with van der Waals surface area (Å²) in [6.45, 7) is 0. The molecule has 0 aliphatic rings. The molecule has 0 aliphatic heterocycles. The summed E-state index contributed by atoms with van der Waals surface area (Å²) >= 11 is 0. The van der Waals surface area contributed by atoms with Crippen LogP contribution in [0.5, 0.6) is 0 Å². The predicted octanol–water partition coefficient (Wildman–Crippen LogP) is 1.51. The first-order valence-corrected chi connectivity index (χ1v) is 8.73. The minimum absolute atomic E-state index is 0.0192. The first kappa shape index (κ1) is 24.1. The molecule has 0 amide bonds. The number of carbonyl (C=O) groups is 1. The van der Waals surface area contributed by atoms with Gasteiger partial charge in [-0.3, -0.25) is 4.55 Å². The molecule has 3 N–H and O–H groups in total. The standard InChI is InChI=1S/C13H11B2F6NO5S/c14-3-6-1-7(4-15)9(22)8(2-6)10(23)27-11(12(16,17)18,13(19,20)21)5-28(24,25)26/h1-2H,3-5,22H2,(H,24,25,26). The zero-order valence-corrected chi connectivity index (χ0v) is 14.6. The SMILES string of the molecule is [B]Cc1cc(C[B])c(N)c(C(=O)OC(CS(=O)(=O)O)(C(F)(F)F)C(F)(F)F)c1. The summed E-state index contributed by atoms with van der Waals surface area (Å²) in [5.41, 5.74) is -1.46. The molecule has 1 aromatic rings. The largest absolute Gasteiger partial charge is 0.438 e. The first-order chi connectivity index (χ1) is 12.5. The molecular weight excluding hydrogens is 418 g/mol. The van der Waals surface area contributed by atoms with Crippen LogP contribution in [0.4, 0.5) is 32.0 Å². The van der Waals surface area contributed by atoms with Crippen molar-refractivity contribution in [2.45, 2.75) is 30.6 Å². The molecule has 0 saturated carbocycles. The number of esters is 1. The van der Waals surface area contributed by atoms with E-state index in [1.807, 2.05) is 0 Å². The van der Waals surface area contributed by atoms with Crippen LogP contribution in [0, 0.1) is 0 Å². The van der Waals surface area contributed by atoms with Gasteiger partial charge >= 0.3 is 23.9 Å². The summed E-state index contributed by atoms with van der Waals surface area (Å²) in [5.74, 6) is -5.24. The number of nitrogens with two attached hydrogens (primary N) is 1. The average Bonchev–Trinajstić information content (AvgIpc) is 2.50. The normalized spacial score (nSPS) is 13.4. The Hall–Kier alpha value is -1.89. The van der Waals surface area contributed by atoms with Crippen molar-refractivity contribution in [2.24, 2.45) is 0 Å². The molecule has 0 unspecified atom stereocenters. The van der Waals surface area contributed by atoms with Crippen LogP contribution in [0.15, 0.2) is 12.1 Å². The number of hydrogen-bond donors (Lipinski definition) is 2. The second-order valence-electron chi connectivity index (χ2n) is 5.56. The Morgan fingerprint density at radius 1 is 1.07 bits per heavy atom. The van der Waals surface area contributed by atoms with E-state index in [2.05, 4.69) is 4.74 Å². The Labute approximate surface area is 158 Å². The Kier molecular flexibility index (Phi) is 6.77. The van der Waals surface area contributed by atoms with Gasteiger partial charge in [0, 0.05) is 5.69 Å². The van der Waals surface area contributed by atoms with E-state index in [4.69, 9.17) is 26.0 Å². The lowest BCUT2D eigenvalue weighted by Crippen LogP contribution is -2.63. The maximum absolute atomic E-state index is 13.2. The summed E-state index contributed by atoms with van der Waals surface area (Å²) < 4.78 is 113. The van der Waals surface area contributed by atoms with Crippen molar-refractivity contribution in [3.05, 3.63) is 28.8 Å². The highest BCUT2D eigenvalue weighted by molar-refractivity contribution is 7.85. The number of benzene rings is 1. The molecule has 1 rings (SSSR count). The second kappa shape index (κ2) is 7.85. The molecule has 4 radical (unpaired) electrons. The third-order valence-corrected chi connectivity index (χ3v) is 4.34. The molecular formula is C13H11B2F6NO5S. The van der Waals surface area contributed by atoms with Crippen molar-refractivity contribution in [1.82, 2.24) is 0 Å². The second-order valence-corrected chi connectivity index (χ2v) is 7.02. The van der Waals surface area contributed by atoms with Gasteiger partial charge in [-0.2, -0.15) is 34.8 Å². The lowest BCUT2D eigenvalue weighted by Gasteiger charge is -2.35. The van der Waals surface area contributed by atoms with Gasteiger partial charge in [0.25, 0.3) is 10.1 Å². The smallest absolute Gasteiger partial charge is 0.435 e. The van der Waals surface area contributed by atoms with Crippen LogP contribution >= 0.6 is 0 Å². The van der Waals surface area contributed by atoms with Crippen molar-refractivity contribution in [3.63, 3.8) is 0 Å². The van der Waals surface area contributed by atoms with E-state index in [-0.39, 0.29) is 23.8 Å². The van der Waals surface area contributed by atoms with Crippen LogP contribution in [0.1, 0.15) is 21.5 Å². The Morgan fingerprint density at radius 3 is 1.93 bits per heavy atom. The van der Waals surface area contributed by atoms with Crippen LogP contribution in [-0.4, -0.2) is 58.3 Å². The van der Waals surface area contributed by atoms with Crippen LogP contribution in [-0.2, 0) is 27.5 Å². The number of halogens is 6. The summed E-state index contributed by atoms with van der Waals surface area (Å²) in [5, 5.41) is 0. The molecule has 0 fully saturated rings. The van der Waals surface area contributed by atoms with E-state index in [1.165, 1.54) is 6.07 Å². The van der Waals surface area contributed by atoms with Gasteiger partial charge in [0.2, 0.25) is 0 Å². The molecule has 15 heteroatoms. The molecule has 0 bridgehead atoms. The Bertz CT molecular complexity index is 842. The highest BCUT2D eigenvalue weighted by Gasteiger charge is 2.76. The maximum Gasteiger partial charge on any atom is 0.438 e. The third kappa shape index (κ3) is 4.93. The monoisotopic (exact) mass is 429 g/mol. The Morgan fingerprint density at radius 2 is 1.57 bits per heavy atom. The van der Waals surface area contributed by atoms with Crippen LogP contribution in [0.2, 0.25) is 0 Å². The number of anilines is 1. The van der Waals surface area contributed by atoms with Crippen LogP contribution in [0.25, 0.3) is 0 Å². The zero-order chi connectivity index (χ0) is 22.1. The molecule has 0 spiro atoms. The van der Waals surface area contributed by atoms with Gasteiger partial charge in [-0.05, 0) is 11.6 Å². The Balaban J connectivity index is 3.63. The average molecular weight is 429 g/mol. The lowest BCUT2D eigenvalue weighted by atomic mass is 9.88. The molecule has 0 heterocycles. The van der Waals surface area contributed by atoms with Crippen molar-refractivity contribution in [3.8, 4) is 0 Å². The number of alkyl halides is 6. The minimum Gasteiger partial charge on any atom is -0.435 e. The molecule has 152 valence electrons. The van der Waals surface area contributed by atoms with Crippen molar-refractivity contribution < 1.29 is 48.8 Å². The molecule has 0 saturated heterocycles. The van der Waals surface area contributed by atoms with Gasteiger partial charge in [0.1, 0.15) is 5.75 Å². The minimum atomic E-state index is -6.45.